The van der Waals surface area contributed by atoms with Crippen LogP contribution in [0, 0.1) is 17.2 Å². The van der Waals surface area contributed by atoms with Gasteiger partial charge in [-0.1, -0.05) is 13.3 Å². The van der Waals surface area contributed by atoms with E-state index in [4.69, 9.17) is 5.26 Å². The maximum absolute atomic E-state index is 11.6. The highest BCUT2D eigenvalue weighted by Crippen LogP contribution is 2.05. The lowest BCUT2D eigenvalue weighted by Crippen LogP contribution is -2.29. The third-order valence-corrected chi connectivity index (χ3v) is 2.26. The molecule has 86 valence electrons. The molecule has 1 rings (SSSR count). The first-order valence-electron chi connectivity index (χ1n) is 5.33. The minimum absolute atomic E-state index is 0.213. The monoisotopic (exact) mass is 220 g/mol. The van der Waals surface area contributed by atoms with Gasteiger partial charge in [-0.3, -0.25) is 9.48 Å². The van der Waals surface area contributed by atoms with Gasteiger partial charge in [0.15, 0.2) is 0 Å². The second kappa shape index (κ2) is 5.91. The first-order chi connectivity index (χ1) is 7.67. The number of nitrogens with one attached hydrogen (secondary N) is 1. The van der Waals surface area contributed by atoms with Crippen molar-refractivity contribution < 1.29 is 4.79 Å². The summed E-state index contributed by atoms with van der Waals surface area (Å²) in [6, 6.07) is 3.84. The molecule has 1 heterocycles. The van der Waals surface area contributed by atoms with Gasteiger partial charge in [-0.05, 0) is 12.5 Å². The van der Waals surface area contributed by atoms with E-state index < -0.39 is 5.92 Å². The second-order valence-corrected chi connectivity index (χ2v) is 3.67. The van der Waals surface area contributed by atoms with Crippen LogP contribution >= 0.6 is 0 Å². The van der Waals surface area contributed by atoms with Gasteiger partial charge in [-0.15, -0.1) is 0 Å². The van der Waals surface area contributed by atoms with Crippen LogP contribution in [0.1, 0.15) is 25.5 Å². The van der Waals surface area contributed by atoms with Gasteiger partial charge in [0.1, 0.15) is 5.92 Å². The minimum atomic E-state index is -0.547. The van der Waals surface area contributed by atoms with Gasteiger partial charge in [0.25, 0.3) is 0 Å². The number of nitriles is 1. The lowest BCUT2D eigenvalue weighted by molar-refractivity contribution is -0.123. The van der Waals surface area contributed by atoms with Gasteiger partial charge in [-0.25, -0.2) is 0 Å². The van der Waals surface area contributed by atoms with E-state index in [9.17, 15) is 4.79 Å². The van der Waals surface area contributed by atoms with Crippen LogP contribution in [0.4, 0.5) is 0 Å². The van der Waals surface area contributed by atoms with Crippen molar-refractivity contribution in [2.24, 2.45) is 13.0 Å². The zero-order valence-corrected chi connectivity index (χ0v) is 9.60. The summed E-state index contributed by atoms with van der Waals surface area (Å²) in [6.45, 7) is 2.33. The number of hydrogen-bond donors (Lipinski definition) is 1. The maximum Gasteiger partial charge on any atom is 0.237 e. The predicted octanol–water partition coefficient (Wildman–Crippen LogP) is 0.976. The Morgan fingerprint density at radius 1 is 1.75 bits per heavy atom. The van der Waals surface area contributed by atoms with E-state index in [1.165, 1.54) is 0 Å². The van der Waals surface area contributed by atoms with Crippen LogP contribution in [0.5, 0.6) is 0 Å². The average molecular weight is 220 g/mol. The number of aryl methyl sites for hydroxylation is 1. The Morgan fingerprint density at radius 2 is 2.50 bits per heavy atom. The zero-order valence-electron chi connectivity index (χ0n) is 9.60. The van der Waals surface area contributed by atoms with Crippen LogP contribution < -0.4 is 5.32 Å². The molecular formula is C11H16N4O. The van der Waals surface area contributed by atoms with Crippen LogP contribution in [0.3, 0.4) is 0 Å². The summed E-state index contributed by atoms with van der Waals surface area (Å²) in [5, 5.41) is 15.6. The average Bonchev–Trinajstić information content (AvgIpc) is 2.68. The fourth-order valence-corrected chi connectivity index (χ4v) is 1.40. The molecule has 1 atom stereocenters. The number of hydrogen-bond acceptors (Lipinski definition) is 3. The molecule has 1 aromatic rings. The normalized spacial score (nSPS) is 11.8. The highest BCUT2D eigenvalue weighted by molar-refractivity contribution is 5.80. The molecule has 0 bridgehead atoms. The zero-order chi connectivity index (χ0) is 12.0. The van der Waals surface area contributed by atoms with E-state index in [1.54, 1.807) is 4.68 Å². The largest absolute Gasteiger partial charge is 0.349 e. The Kier molecular flexibility index (Phi) is 4.52. The van der Waals surface area contributed by atoms with Crippen molar-refractivity contribution >= 4 is 5.91 Å². The minimum Gasteiger partial charge on any atom is -0.349 e. The van der Waals surface area contributed by atoms with Crippen LogP contribution in [-0.4, -0.2) is 15.7 Å². The van der Waals surface area contributed by atoms with Gasteiger partial charge in [0, 0.05) is 13.2 Å². The summed E-state index contributed by atoms with van der Waals surface area (Å²) in [5.74, 6) is -0.760. The van der Waals surface area contributed by atoms with Crippen LogP contribution in [0.15, 0.2) is 12.3 Å². The molecule has 0 spiro atoms. The molecule has 0 radical (unpaired) electrons. The number of carbonyl (C=O) groups is 1. The fourth-order valence-electron chi connectivity index (χ4n) is 1.40. The van der Waals surface area contributed by atoms with Crippen molar-refractivity contribution in [1.82, 2.24) is 15.1 Å². The van der Waals surface area contributed by atoms with Crippen molar-refractivity contribution in [1.29, 1.82) is 5.26 Å². The second-order valence-electron chi connectivity index (χ2n) is 3.67. The third-order valence-electron chi connectivity index (χ3n) is 2.26. The smallest absolute Gasteiger partial charge is 0.237 e. The van der Waals surface area contributed by atoms with Crippen molar-refractivity contribution in [2.45, 2.75) is 26.3 Å². The van der Waals surface area contributed by atoms with Crippen LogP contribution in [0.25, 0.3) is 0 Å². The molecule has 0 aromatic carbocycles. The molecule has 0 fully saturated rings. The number of rotatable bonds is 5. The van der Waals surface area contributed by atoms with Gasteiger partial charge in [0.05, 0.1) is 18.3 Å². The molecule has 16 heavy (non-hydrogen) atoms. The first-order valence-corrected chi connectivity index (χ1v) is 5.33. The highest BCUT2D eigenvalue weighted by Gasteiger charge is 2.16. The molecule has 0 saturated carbocycles. The Labute approximate surface area is 95.1 Å². The molecule has 0 aliphatic carbocycles. The SMILES string of the molecule is CCCC(C#N)C(=O)NCc1ccn(C)n1. The molecular weight excluding hydrogens is 204 g/mol. The molecule has 0 aliphatic rings. The van der Waals surface area contributed by atoms with Crippen molar-refractivity contribution in [3.63, 3.8) is 0 Å². The van der Waals surface area contributed by atoms with E-state index >= 15 is 0 Å². The van der Waals surface area contributed by atoms with E-state index in [2.05, 4.69) is 10.4 Å². The number of carbonyl (C=O) groups excluding carboxylic acids is 1. The Balaban J connectivity index is 2.43. The van der Waals surface area contributed by atoms with Gasteiger partial charge in [-0.2, -0.15) is 10.4 Å². The molecule has 1 unspecified atom stereocenters. The topological polar surface area (TPSA) is 70.7 Å². The van der Waals surface area contributed by atoms with Crippen LogP contribution in [0.2, 0.25) is 0 Å². The Bertz CT molecular complexity index is 391. The molecule has 1 amide bonds. The number of amides is 1. The predicted molar refractivity (Wildman–Crippen MR) is 59.1 cm³/mol. The van der Waals surface area contributed by atoms with Gasteiger partial charge in [0.2, 0.25) is 5.91 Å². The summed E-state index contributed by atoms with van der Waals surface area (Å²) in [7, 11) is 1.82. The van der Waals surface area contributed by atoms with Crippen LogP contribution in [-0.2, 0) is 18.4 Å². The summed E-state index contributed by atoms with van der Waals surface area (Å²) in [4.78, 5) is 11.6. The molecule has 0 saturated heterocycles. The van der Waals surface area contributed by atoms with Gasteiger partial charge < -0.3 is 5.32 Å². The van der Waals surface area contributed by atoms with Crippen molar-refractivity contribution in [2.75, 3.05) is 0 Å². The molecule has 1 N–H and O–H groups in total. The lowest BCUT2D eigenvalue weighted by atomic mass is 10.1. The molecule has 5 heteroatoms. The fraction of sp³-hybridized carbons (Fsp3) is 0.545. The Hall–Kier alpha value is -1.83. The quantitative estimate of drug-likeness (QED) is 0.804. The number of nitrogens with zero attached hydrogens (tertiary/aromatic N) is 3. The molecule has 5 nitrogen and oxygen atoms in total. The summed E-state index contributed by atoms with van der Waals surface area (Å²) in [6.07, 6.45) is 3.25. The summed E-state index contributed by atoms with van der Waals surface area (Å²) >= 11 is 0. The maximum atomic E-state index is 11.6. The summed E-state index contributed by atoms with van der Waals surface area (Å²) in [5.41, 5.74) is 0.795. The highest BCUT2D eigenvalue weighted by atomic mass is 16.1. The first kappa shape index (κ1) is 12.2. The van der Waals surface area contributed by atoms with E-state index in [1.807, 2.05) is 32.3 Å². The molecule has 1 aromatic heterocycles. The van der Waals surface area contributed by atoms with E-state index in [0.29, 0.717) is 13.0 Å². The lowest BCUT2D eigenvalue weighted by Gasteiger charge is -2.07. The summed E-state index contributed by atoms with van der Waals surface area (Å²) < 4.78 is 1.68. The van der Waals surface area contributed by atoms with Gasteiger partial charge >= 0.3 is 0 Å². The van der Waals surface area contributed by atoms with Crippen molar-refractivity contribution in [3.8, 4) is 6.07 Å². The van der Waals surface area contributed by atoms with E-state index in [0.717, 1.165) is 12.1 Å². The number of aromatic nitrogens is 2. The Morgan fingerprint density at radius 3 is 3.00 bits per heavy atom. The standard InChI is InChI=1S/C11H16N4O/c1-3-4-9(7-12)11(16)13-8-10-5-6-15(2)14-10/h5-6,9H,3-4,8H2,1-2H3,(H,13,16). The molecule has 0 aliphatic heterocycles. The van der Waals surface area contributed by atoms with E-state index in [-0.39, 0.29) is 5.91 Å². The third kappa shape index (κ3) is 3.39. The van der Waals surface area contributed by atoms with Crippen molar-refractivity contribution in [3.05, 3.63) is 18.0 Å².